The summed E-state index contributed by atoms with van der Waals surface area (Å²) in [5, 5.41) is 2.68. The lowest BCUT2D eigenvalue weighted by Crippen LogP contribution is -2.10. The van der Waals surface area contributed by atoms with Crippen LogP contribution in [0, 0.1) is 0 Å². The number of rotatable bonds is 6. The molecule has 43 heavy (non-hydrogen) atoms. The van der Waals surface area contributed by atoms with Gasteiger partial charge in [-0.3, -0.25) is 0 Å². The first-order valence-electron chi connectivity index (χ1n) is 15.4. The van der Waals surface area contributed by atoms with Crippen LogP contribution >= 0.6 is 11.3 Å². The monoisotopic (exact) mass is 571 g/mol. The zero-order valence-corrected chi connectivity index (χ0v) is 24.9. The second kappa shape index (κ2) is 11.2. The van der Waals surface area contributed by atoms with Crippen LogP contribution in [0.2, 0.25) is 0 Å². The van der Waals surface area contributed by atoms with Crippen LogP contribution in [0.25, 0.3) is 42.4 Å². The molecule has 0 atom stereocenters. The summed E-state index contributed by atoms with van der Waals surface area (Å²) in [6.45, 7) is 0. The van der Waals surface area contributed by atoms with Gasteiger partial charge in [-0.15, -0.1) is 11.3 Å². The molecular weight excluding hydrogens is 539 g/mol. The molecule has 1 aliphatic rings. The highest BCUT2D eigenvalue weighted by Crippen LogP contribution is 2.40. The van der Waals surface area contributed by atoms with Crippen molar-refractivity contribution in [2.75, 3.05) is 4.90 Å². The average molecular weight is 572 g/mol. The third kappa shape index (κ3) is 5.02. The number of benzene rings is 6. The summed E-state index contributed by atoms with van der Waals surface area (Å²) in [6, 6.07) is 53.5. The van der Waals surface area contributed by atoms with Crippen LogP contribution in [-0.2, 0) is 0 Å². The van der Waals surface area contributed by atoms with Gasteiger partial charge in [0.2, 0.25) is 0 Å². The molecule has 8 rings (SSSR count). The van der Waals surface area contributed by atoms with E-state index in [0.29, 0.717) is 5.92 Å². The fourth-order valence-corrected chi connectivity index (χ4v) is 7.89. The minimum Gasteiger partial charge on any atom is -0.311 e. The smallest absolute Gasteiger partial charge is 0.0462 e. The minimum absolute atomic E-state index is 0.713. The van der Waals surface area contributed by atoms with E-state index in [0.717, 1.165) is 11.4 Å². The summed E-state index contributed by atoms with van der Waals surface area (Å²) >= 11 is 1.87. The Morgan fingerprint density at radius 1 is 0.442 bits per heavy atom. The number of thiophene rings is 1. The van der Waals surface area contributed by atoms with Crippen LogP contribution in [0.15, 0.2) is 146 Å². The van der Waals surface area contributed by atoms with Gasteiger partial charge in [0, 0.05) is 37.2 Å². The van der Waals surface area contributed by atoms with Crippen LogP contribution in [-0.4, -0.2) is 0 Å². The first-order valence-corrected chi connectivity index (χ1v) is 16.2. The van der Waals surface area contributed by atoms with Crippen molar-refractivity contribution in [2.45, 2.75) is 31.6 Å². The van der Waals surface area contributed by atoms with E-state index in [2.05, 4.69) is 150 Å². The van der Waals surface area contributed by atoms with Crippen LogP contribution in [0.5, 0.6) is 0 Å². The maximum absolute atomic E-state index is 2.38. The van der Waals surface area contributed by atoms with Gasteiger partial charge in [-0.25, -0.2) is 0 Å². The molecule has 0 spiro atoms. The molecule has 1 aliphatic carbocycles. The minimum atomic E-state index is 0.713. The molecular formula is C41H33NS. The second-order valence-electron chi connectivity index (χ2n) is 11.7. The molecule has 0 aliphatic heterocycles. The molecule has 0 radical (unpaired) electrons. The van der Waals surface area contributed by atoms with Crippen molar-refractivity contribution in [3.63, 3.8) is 0 Å². The highest BCUT2D eigenvalue weighted by molar-refractivity contribution is 7.25. The predicted molar refractivity (Wildman–Crippen MR) is 186 cm³/mol. The topological polar surface area (TPSA) is 3.24 Å². The Balaban J connectivity index is 1.15. The molecule has 7 aromatic rings. The van der Waals surface area contributed by atoms with E-state index in [1.165, 1.54) is 79.4 Å². The van der Waals surface area contributed by atoms with Gasteiger partial charge in [-0.2, -0.15) is 0 Å². The normalized spacial score (nSPS) is 13.6. The molecule has 0 unspecified atom stereocenters. The first kappa shape index (κ1) is 26.0. The lowest BCUT2D eigenvalue weighted by atomic mass is 9.97. The zero-order chi connectivity index (χ0) is 28.6. The van der Waals surface area contributed by atoms with Crippen LogP contribution in [0.3, 0.4) is 0 Å². The van der Waals surface area contributed by atoms with Crippen molar-refractivity contribution in [3.8, 4) is 22.3 Å². The Morgan fingerprint density at radius 2 is 0.953 bits per heavy atom. The number of hydrogen-bond acceptors (Lipinski definition) is 2. The van der Waals surface area contributed by atoms with Crippen molar-refractivity contribution >= 4 is 48.6 Å². The molecule has 0 saturated heterocycles. The number of fused-ring (bicyclic) bond motifs is 3. The zero-order valence-electron chi connectivity index (χ0n) is 24.1. The lowest BCUT2D eigenvalue weighted by Gasteiger charge is -2.26. The van der Waals surface area contributed by atoms with Crippen molar-refractivity contribution in [1.82, 2.24) is 0 Å². The summed E-state index contributed by atoms with van der Waals surface area (Å²) in [6.07, 6.45) is 5.35. The Bertz CT molecular complexity index is 2000. The molecule has 1 heterocycles. The molecule has 2 heteroatoms. The van der Waals surface area contributed by atoms with Crippen molar-refractivity contribution in [3.05, 3.63) is 151 Å². The maximum atomic E-state index is 2.38. The number of nitrogens with zero attached hydrogens (tertiary/aromatic N) is 1. The van der Waals surface area contributed by atoms with E-state index in [4.69, 9.17) is 0 Å². The van der Waals surface area contributed by atoms with Gasteiger partial charge in [0.15, 0.2) is 0 Å². The standard InChI is InChI=1S/C41H33NS/c1-2-8-29(9-3-1)31-14-21-35(22-15-31)42(36-23-16-32(17-24-36)30-10-4-5-11-30)37-25-18-33(19-26-37)34-20-27-39-38-12-6-7-13-40(38)43-41(39)28-34/h1-3,6-9,12-28,30H,4-5,10-11H2. The van der Waals surface area contributed by atoms with E-state index in [1.807, 2.05) is 11.3 Å². The first-order chi connectivity index (χ1) is 21.3. The van der Waals surface area contributed by atoms with Gasteiger partial charge in [0.1, 0.15) is 0 Å². The molecule has 1 saturated carbocycles. The maximum Gasteiger partial charge on any atom is 0.0462 e. The molecule has 1 fully saturated rings. The number of hydrogen-bond donors (Lipinski definition) is 0. The Labute approximate surface area is 257 Å². The Kier molecular flexibility index (Phi) is 6.78. The second-order valence-corrected chi connectivity index (χ2v) is 12.8. The third-order valence-corrected chi connectivity index (χ3v) is 10.2. The van der Waals surface area contributed by atoms with E-state index < -0.39 is 0 Å². The summed E-state index contributed by atoms with van der Waals surface area (Å²) in [4.78, 5) is 2.38. The summed E-state index contributed by atoms with van der Waals surface area (Å²) in [5.41, 5.74) is 9.94. The molecule has 0 amide bonds. The lowest BCUT2D eigenvalue weighted by molar-refractivity contribution is 0.723. The fourth-order valence-electron chi connectivity index (χ4n) is 6.74. The van der Waals surface area contributed by atoms with Crippen LogP contribution < -0.4 is 4.90 Å². The average Bonchev–Trinajstić information content (AvgIpc) is 3.75. The highest BCUT2D eigenvalue weighted by Gasteiger charge is 2.18. The molecule has 208 valence electrons. The van der Waals surface area contributed by atoms with Gasteiger partial charge in [0.25, 0.3) is 0 Å². The van der Waals surface area contributed by atoms with Gasteiger partial charge in [-0.1, -0.05) is 110 Å². The molecule has 1 nitrogen and oxygen atoms in total. The van der Waals surface area contributed by atoms with Gasteiger partial charge in [-0.05, 0) is 95.1 Å². The van der Waals surface area contributed by atoms with E-state index in [9.17, 15) is 0 Å². The molecule has 0 N–H and O–H groups in total. The fraction of sp³-hybridized carbons (Fsp3) is 0.122. The molecule has 1 aromatic heterocycles. The van der Waals surface area contributed by atoms with Crippen molar-refractivity contribution < 1.29 is 0 Å². The summed E-state index contributed by atoms with van der Waals surface area (Å²) < 4.78 is 2.68. The van der Waals surface area contributed by atoms with Crippen molar-refractivity contribution in [1.29, 1.82) is 0 Å². The number of anilines is 3. The highest BCUT2D eigenvalue weighted by atomic mass is 32.1. The van der Waals surface area contributed by atoms with E-state index in [-0.39, 0.29) is 0 Å². The van der Waals surface area contributed by atoms with Crippen molar-refractivity contribution in [2.24, 2.45) is 0 Å². The summed E-state index contributed by atoms with van der Waals surface area (Å²) in [7, 11) is 0. The van der Waals surface area contributed by atoms with Gasteiger partial charge >= 0.3 is 0 Å². The van der Waals surface area contributed by atoms with E-state index >= 15 is 0 Å². The van der Waals surface area contributed by atoms with E-state index in [1.54, 1.807) is 0 Å². The molecule has 6 aromatic carbocycles. The van der Waals surface area contributed by atoms with Gasteiger partial charge in [0.05, 0.1) is 0 Å². The third-order valence-electron chi connectivity index (χ3n) is 9.05. The largest absolute Gasteiger partial charge is 0.311 e. The predicted octanol–water partition coefficient (Wildman–Crippen LogP) is 12.5. The SMILES string of the molecule is c1ccc(-c2ccc(N(c3ccc(-c4ccc5c(c4)sc4ccccc45)cc3)c3ccc(C4CCCC4)cc3)cc2)cc1. The van der Waals surface area contributed by atoms with Crippen LogP contribution in [0.1, 0.15) is 37.2 Å². The molecule has 0 bridgehead atoms. The quantitative estimate of drug-likeness (QED) is 0.192. The van der Waals surface area contributed by atoms with Crippen LogP contribution in [0.4, 0.5) is 17.1 Å². The Hall–Kier alpha value is -4.66. The summed E-state index contributed by atoms with van der Waals surface area (Å²) in [5.74, 6) is 0.713. The van der Waals surface area contributed by atoms with Gasteiger partial charge < -0.3 is 4.90 Å². The Morgan fingerprint density at radius 3 is 1.63 bits per heavy atom.